The van der Waals surface area contributed by atoms with Gasteiger partial charge in [0.15, 0.2) is 0 Å². The second-order valence-corrected chi connectivity index (χ2v) is 5.81. The van der Waals surface area contributed by atoms with Crippen LogP contribution in [-0.2, 0) is 0 Å². The standard InChI is InChI=1S/C12H23F3N2S/c1-18-9-3-2-6-16-11-4-7-17(8-5-11)10-12(13,14)15/h11,16H,2-10H2,1H3. The highest BCUT2D eigenvalue weighted by atomic mass is 32.2. The first-order valence-electron chi connectivity index (χ1n) is 6.52. The second-order valence-electron chi connectivity index (χ2n) is 4.82. The van der Waals surface area contributed by atoms with Gasteiger partial charge in [-0.2, -0.15) is 24.9 Å². The highest BCUT2D eigenvalue weighted by Gasteiger charge is 2.32. The summed E-state index contributed by atoms with van der Waals surface area (Å²) in [6.45, 7) is 1.35. The van der Waals surface area contributed by atoms with Crippen LogP contribution in [0.5, 0.6) is 0 Å². The van der Waals surface area contributed by atoms with Crippen LogP contribution in [0.15, 0.2) is 0 Å². The molecule has 1 aliphatic heterocycles. The molecule has 18 heavy (non-hydrogen) atoms. The Morgan fingerprint density at radius 1 is 1.22 bits per heavy atom. The molecule has 0 spiro atoms. The van der Waals surface area contributed by atoms with Crippen molar-refractivity contribution < 1.29 is 13.2 Å². The number of piperidine rings is 1. The minimum absolute atomic E-state index is 0.406. The molecule has 0 amide bonds. The maximum absolute atomic E-state index is 12.2. The monoisotopic (exact) mass is 284 g/mol. The Bertz CT molecular complexity index is 216. The summed E-state index contributed by atoms with van der Waals surface area (Å²) < 4.78 is 36.6. The normalized spacial score (nSPS) is 19.3. The topological polar surface area (TPSA) is 15.3 Å². The number of likely N-dealkylation sites (tertiary alicyclic amines) is 1. The van der Waals surface area contributed by atoms with Gasteiger partial charge in [-0.05, 0) is 57.3 Å². The van der Waals surface area contributed by atoms with Crippen molar-refractivity contribution in [2.24, 2.45) is 0 Å². The third-order valence-corrected chi connectivity index (χ3v) is 3.90. The molecule has 0 atom stereocenters. The van der Waals surface area contributed by atoms with Crippen LogP contribution in [0.2, 0.25) is 0 Å². The molecule has 1 saturated heterocycles. The SMILES string of the molecule is CSCCCCNC1CCN(CC(F)(F)F)CC1. The quantitative estimate of drug-likeness (QED) is 0.724. The maximum Gasteiger partial charge on any atom is 0.401 e. The van der Waals surface area contributed by atoms with Gasteiger partial charge >= 0.3 is 6.18 Å². The van der Waals surface area contributed by atoms with Crippen LogP contribution in [-0.4, -0.2) is 55.3 Å². The Labute approximate surface area is 112 Å². The maximum atomic E-state index is 12.2. The fourth-order valence-electron chi connectivity index (χ4n) is 2.23. The first-order chi connectivity index (χ1) is 8.51. The lowest BCUT2D eigenvalue weighted by Crippen LogP contribution is -2.45. The fourth-order valence-corrected chi connectivity index (χ4v) is 2.72. The molecule has 0 radical (unpaired) electrons. The molecule has 1 heterocycles. The fraction of sp³-hybridized carbons (Fsp3) is 1.00. The zero-order chi connectivity index (χ0) is 13.4. The van der Waals surface area contributed by atoms with Crippen LogP contribution in [0.4, 0.5) is 13.2 Å². The van der Waals surface area contributed by atoms with Gasteiger partial charge in [0, 0.05) is 6.04 Å². The van der Waals surface area contributed by atoms with E-state index in [1.807, 2.05) is 11.8 Å². The molecule has 0 aromatic heterocycles. The zero-order valence-electron chi connectivity index (χ0n) is 10.9. The van der Waals surface area contributed by atoms with E-state index in [0.29, 0.717) is 19.1 Å². The number of halogens is 3. The summed E-state index contributed by atoms with van der Waals surface area (Å²) in [5.41, 5.74) is 0. The van der Waals surface area contributed by atoms with E-state index < -0.39 is 12.7 Å². The van der Waals surface area contributed by atoms with E-state index in [-0.39, 0.29) is 0 Å². The summed E-state index contributed by atoms with van der Waals surface area (Å²) in [7, 11) is 0. The molecule has 0 aliphatic carbocycles. The second kappa shape index (κ2) is 8.27. The molecular weight excluding hydrogens is 261 g/mol. The third kappa shape index (κ3) is 7.48. The molecular formula is C12H23F3N2S. The predicted octanol–water partition coefficient (Wildman–Crippen LogP) is 2.75. The van der Waals surface area contributed by atoms with Gasteiger partial charge in [0.2, 0.25) is 0 Å². The van der Waals surface area contributed by atoms with E-state index in [1.54, 1.807) is 0 Å². The minimum atomic E-state index is -4.06. The molecule has 108 valence electrons. The van der Waals surface area contributed by atoms with Gasteiger partial charge in [0.25, 0.3) is 0 Å². The van der Waals surface area contributed by atoms with Crippen LogP contribution in [0.1, 0.15) is 25.7 Å². The van der Waals surface area contributed by atoms with E-state index >= 15 is 0 Å². The Morgan fingerprint density at radius 2 is 1.89 bits per heavy atom. The number of thioether (sulfide) groups is 1. The average molecular weight is 284 g/mol. The summed E-state index contributed by atoms with van der Waals surface area (Å²) in [5.74, 6) is 1.19. The summed E-state index contributed by atoms with van der Waals surface area (Å²) in [6.07, 6.45) is 2.07. The van der Waals surface area contributed by atoms with E-state index in [0.717, 1.165) is 25.8 Å². The number of hydrogen-bond acceptors (Lipinski definition) is 3. The summed E-state index contributed by atoms with van der Waals surface area (Å²) in [4.78, 5) is 1.51. The highest BCUT2D eigenvalue weighted by molar-refractivity contribution is 7.98. The molecule has 0 saturated carbocycles. The predicted molar refractivity (Wildman–Crippen MR) is 71.1 cm³/mol. The van der Waals surface area contributed by atoms with Crippen molar-refractivity contribution in [2.75, 3.05) is 38.2 Å². The summed E-state index contributed by atoms with van der Waals surface area (Å²) >= 11 is 1.85. The molecule has 0 aromatic carbocycles. The lowest BCUT2D eigenvalue weighted by molar-refractivity contribution is -0.148. The van der Waals surface area contributed by atoms with Crippen molar-refractivity contribution in [3.05, 3.63) is 0 Å². The van der Waals surface area contributed by atoms with E-state index in [1.165, 1.54) is 17.1 Å². The average Bonchev–Trinajstić information content (AvgIpc) is 2.29. The van der Waals surface area contributed by atoms with Crippen molar-refractivity contribution in [1.29, 1.82) is 0 Å². The number of nitrogens with zero attached hydrogens (tertiary/aromatic N) is 1. The number of rotatable bonds is 7. The van der Waals surface area contributed by atoms with Crippen molar-refractivity contribution in [3.8, 4) is 0 Å². The molecule has 1 rings (SSSR count). The highest BCUT2D eigenvalue weighted by Crippen LogP contribution is 2.19. The zero-order valence-corrected chi connectivity index (χ0v) is 11.7. The molecule has 2 nitrogen and oxygen atoms in total. The first kappa shape index (κ1) is 16.1. The van der Waals surface area contributed by atoms with Crippen LogP contribution < -0.4 is 5.32 Å². The van der Waals surface area contributed by atoms with Gasteiger partial charge in [-0.25, -0.2) is 0 Å². The van der Waals surface area contributed by atoms with Crippen LogP contribution in [0, 0.1) is 0 Å². The Kier molecular flexibility index (Phi) is 7.41. The smallest absolute Gasteiger partial charge is 0.314 e. The number of unbranched alkanes of at least 4 members (excludes halogenated alkanes) is 1. The lowest BCUT2D eigenvalue weighted by Gasteiger charge is -2.32. The van der Waals surface area contributed by atoms with Crippen LogP contribution in [0.3, 0.4) is 0 Å². The molecule has 0 bridgehead atoms. The van der Waals surface area contributed by atoms with E-state index in [4.69, 9.17) is 0 Å². The van der Waals surface area contributed by atoms with Crippen molar-refractivity contribution in [2.45, 2.75) is 37.9 Å². The largest absolute Gasteiger partial charge is 0.401 e. The lowest BCUT2D eigenvalue weighted by atomic mass is 10.0. The van der Waals surface area contributed by atoms with Crippen molar-refractivity contribution >= 4 is 11.8 Å². The van der Waals surface area contributed by atoms with Gasteiger partial charge < -0.3 is 5.32 Å². The van der Waals surface area contributed by atoms with Gasteiger partial charge in [0.05, 0.1) is 6.54 Å². The molecule has 1 aliphatic rings. The first-order valence-corrected chi connectivity index (χ1v) is 7.92. The minimum Gasteiger partial charge on any atom is -0.314 e. The van der Waals surface area contributed by atoms with E-state index in [9.17, 15) is 13.2 Å². The van der Waals surface area contributed by atoms with Crippen molar-refractivity contribution in [3.63, 3.8) is 0 Å². The van der Waals surface area contributed by atoms with Gasteiger partial charge in [-0.1, -0.05) is 0 Å². The molecule has 1 N–H and O–H groups in total. The Hall–Kier alpha value is 0.0600. The van der Waals surface area contributed by atoms with Crippen LogP contribution in [0.25, 0.3) is 0 Å². The van der Waals surface area contributed by atoms with Crippen molar-refractivity contribution in [1.82, 2.24) is 10.2 Å². The Morgan fingerprint density at radius 3 is 2.44 bits per heavy atom. The molecule has 6 heteroatoms. The number of nitrogens with one attached hydrogen (secondary N) is 1. The number of hydrogen-bond donors (Lipinski definition) is 1. The van der Waals surface area contributed by atoms with Gasteiger partial charge in [0.1, 0.15) is 0 Å². The molecule has 1 fully saturated rings. The van der Waals surface area contributed by atoms with Gasteiger partial charge in [-0.3, -0.25) is 4.90 Å². The third-order valence-electron chi connectivity index (χ3n) is 3.20. The summed E-state index contributed by atoms with van der Waals surface area (Å²) in [6, 6.07) is 0.406. The summed E-state index contributed by atoms with van der Waals surface area (Å²) in [5, 5.41) is 3.45. The molecule has 0 aromatic rings. The van der Waals surface area contributed by atoms with Gasteiger partial charge in [-0.15, -0.1) is 0 Å². The van der Waals surface area contributed by atoms with Crippen LogP contribution >= 0.6 is 11.8 Å². The number of alkyl halides is 3. The molecule has 0 unspecified atom stereocenters. The van der Waals surface area contributed by atoms with E-state index in [2.05, 4.69) is 11.6 Å². The Balaban J connectivity index is 2.05.